The first-order chi connectivity index (χ1) is 12.0. The average Bonchev–Trinajstić information content (AvgIpc) is 3.29. The van der Waals surface area contributed by atoms with Crippen molar-refractivity contribution < 1.29 is 4.74 Å². The minimum atomic E-state index is -0.363. The number of fused-ring (bicyclic) bond motifs is 1. The van der Waals surface area contributed by atoms with Gasteiger partial charge in [-0.2, -0.15) is 5.01 Å². The van der Waals surface area contributed by atoms with Crippen LogP contribution in [0.25, 0.3) is 0 Å². The summed E-state index contributed by atoms with van der Waals surface area (Å²) in [7, 11) is 0. The smallest absolute Gasteiger partial charge is 0.145 e. The van der Waals surface area contributed by atoms with Gasteiger partial charge in [0.25, 0.3) is 0 Å². The fourth-order valence-corrected chi connectivity index (χ4v) is 3.15. The van der Waals surface area contributed by atoms with Crippen LogP contribution in [0.3, 0.4) is 0 Å². The molecule has 0 unspecified atom stereocenters. The summed E-state index contributed by atoms with van der Waals surface area (Å²) in [5.41, 5.74) is 2.79. The van der Waals surface area contributed by atoms with E-state index >= 15 is 0 Å². The van der Waals surface area contributed by atoms with Crippen LogP contribution in [0, 0.1) is 12.3 Å². The van der Waals surface area contributed by atoms with Crippen molar-refractivity contribution in [2.45, 2.75) is 45.3 Å². The minimum absolute atomic E-state index is 0.363. The maximum atomic E-state index is 5.92. The molecule has 1 aromatic carbocycles. The molecule has 0 amide bonds. The van der Waals surface area contributed by atoms with Gasteiger partial charge in [0.05, 0.1) is 17.4 Å². The van der Waals surface area contributed by atoms with Gasteiger partial charge >= 0.3 is 0 Å². The summed E-state index contributed by atoms with van der Waals surface area (Å²) in [6.07, 6.45) is 12.7. The van der Waals surface area contributed by atoms with Gasteiger partial charge < -0.3 is 4.74 Å². The second-order valence-corrected chi connectivity index (χ2v) is 7.29. The predicted molar refractivity (Wildman–Crippen MR) is 99.9 cm³/mol. The van der Waals surface area contributed by atoms with Crippen molar-refractivity contribution in [3.05, 3.63) is 53.5 Å². The minimum Gasteiger partial charge on any atom is -0.490 e. The van der Waals surface area contributed by atoms with Crippen molar-refractivity contribution in [2.24, 2.45) is 4.99 Å². The van der Waals surface area contributed by atoms with Gasteiger partial charge in [0.2, 0.25) is 0 Å². The molecule has 0 radical (unpaired) electrons. The molecule has 0 aromatic heterocycles. The molecule has 0 atom stereocenters. The van der Waals surface area contributed by atoms with Gasteiger partial charge in [0.15, 0.2) is 0 Å². The summed E-state index contributed by atoms with van der Waals surface area (Å²) in [4.78, 5) is 4.86. The van der Waals surface area contributed by atoms with E-state index < -0.39 is 0 Å². The highest BCUT2D eigenvalue weighted by Crippen LogP contribution is 2.33. The molecule has 25 heavy (non-hydrogen) atoms. The first kappa shape index (κ1) is 16.0. The Labute approximate surface area is 149 Å². The molecule has 1 saturated carbocycles. The Kier molecular flexibility index (Phi) is 3.70. The summed E-state index contributed by atoms with van der Waals surface area (Å²) >= 11 is 0. The number of nitrogens with zero attached hydrogens (tertiary/aromatic N) is 3. The number of hydrogen-bond acceptors (Lipinski definition) is 4. The lowest BCUT2D eigenvalue weighted by Gasteiger charge is -2.41. The topological polar surface area (TPSA) is 28.1 Å². The van der Waals surface area contributed by atoms with Crippen LogP contribution in [0.1, 0.15) is 39.2 Å². The van der Waals surface area contributed by atoms with Crippen molar-refractivity contribution in [1.29, 1.82) is 0 Å². The number of benzene rings is 1. The number of ether oxygens (including phenoxy) is 1. The summed E-state index contributed by atoms with van der Waals surface area (Å²) in [5, 5.41) is 4.29. The Bertz CT molecular complexity index is 837. The molecule has 4 heteroatoms. The van der Waals surface area contributed by atoms with E-state index in [-0.39, 0.29) is 5.54 Å². The molecule has 2 aliphatic heterocycles. The molecular formula is C21H23N3O. The quantitative estimate of drug-likeness (QED) is 0.786. The zero-order valence-corrected chi connectivity index (χ0v) is 15.0. The van der Waals surface area contributed by atoms with Crippen LogP contribution in [0.4, 0.5) is 0 Å². The van der Waals surface area contributed by atoms with Crippen LogP contribution in [-0.2, 0) is 0 Å². The fraction of sp³-hybridized carbons (Fsp3) is 0.381. The van der Waals surface area contributed by atoms with Crippen LogP contribution < -0.4 is 4.74 Å². The van der Waals surface area contributed by atoms with Crippen LogP contribution in [0.15, 0.2) is 52.9 Å². The molecule has 0 spiro atoms. The third-order valence-corrected chi connectivity index (χ3v) is 4.78. The molecule has 4 rings (SSSR count). The monoisotopic (exact) mass is 333 g/mol. The second kappa shape index (κ2) is 5.79. The van der Waals surface area contributed by atoms with Crippen LogP contribution >= 0.6 is 0 Å². The van der Waals surface area contributed by atoms with Gasteiger partial charge in [0, 0.05) is 17.8 Å². The molecule has 1 fully saturated rings. The molecule has 2 heterocycles. The summed E-state index contributed by atoms with van der Waals surface area (Å²) in [6, 6.07) is 8.20. The Hall–Kier alpha value is -2.51. The molecule has 0 bridgehead atoms. The molecule has 0 N–H and O–H groups in total. The molecular weight excluding hydrogens is 310 g/mol. The number of terminal acetylenes is 1. The van der Waals surface area contributed by atoms with Gasteiger partial charge in [-0.05, 0) is 57.9 Å². The van der Waals surface area contributed by atoms with E-state index in [4.69, 9.17) is 16.2 Å². The lowest BCUT2D eigenvalue weighted by atomic mass is 10.1. The van der Waals surface area contributed by atoms with Crippen molar-refractivity contribution in [3.8, 4) is 18.1 Å². The zero-order chi connectivity index (χ0) is 17.6. The van der Waals surface area contributed by atoms with Gasteiger partial charge in [-0.25, -0.2) is 4.99 Å². The van der Waals surface area contributed by atoms with Crippen molar-refractivity contribution >= 4 is 5.71 Å². The molecule has 4 nitrogen and oxygen atoms in total. The third kappa shape index (κ3) is 2.96. The maximum absolute atomic E-state index is 5.92. The zero-order valence-electron chi connectivity index (χ0n) is 15.0. The van der Waals surface area contributed by atoms with Crippen molar-refractivity contribution in [2.75, 3.05) is 6.54 Å². The number of hydrazine groups is 1. The van der Waals surface area contributed by atoms with E-state index in [1.807, 2.05) is 12.1 Å². The molecule has 0 saturated heterocycles. The number of allylic oxidation sites excluding steroid dienone is 2. The highest BCUT2D eigenvalue weighted by atomic mass is 16.5. The summed E-state index contributed by atoms with van der Waals surface area (Å²) in [5.74, 6) is 4.73. The van der Waals surface area contributed by atoms with Crippen LogP contribution in [0.5, 0.6) is 5.75 Å². The number of aliphatic imine (C=N–C) groups is 1. The SMILES string of the molecule is C#CC(C)(C)N1CC=C2N=C(c3cccc(OC4CC4)c3)C=C(C)N21. The summed E-state index contributed by atoms with van der Waals surface area (Å²) in [6.45, 7) is 6.96. The first-order valence-electron chi connectivity index (χ1n) is 8.77. The van der Waals surface area contributed by atoms with Crippen molar-refractivity contribution in [1.82, 2.24) is 10.0 Å². The Balaban J connectivity index is 1.62. The van der Waals surface area contributed by atoms with E-state index in [9.17, 15) is 0 Å². The maximum Gasteiger partial charge on any atom is 0.145 e. The first-order valence-corrected chi connectivity index (χ1v) is 8.77. The molecule has 1 aliphatic carbocycles. The molecule has 3 aliphatic rings. The Morgan fingerprint density at radius 1 is 1.32 bits per heavy atom. The van der Waals surface area contributed by atoms with E-state index in [1.165, 1.54) is 0 Å². The van der Waals surface area contributed by atoms with E-state index in [2.05, 4.69) is 61.0 Å². The van der Waals surface area contributed by atoms with Crippen molar-refractivity contribution in [3.63, 3.8) is 0 Å². The standard InChI is InChI=1S/C21H23N3O/c1-5-21(3,4)23-12-11-20-22-19(13-15(2)24(20)23)16-7-6-8-18(14-16)25-17-9-10-17/h1,6-8,11,13-14,17H,9-10,12H2,2-4H3. The molecule has 1 aromatic rings. The van der Waals surface area contributed by atoms with Gasteiger partial charge in [-0.1, -0.05) is 18.1 Å². The van der Waals surface area contributed by atoms with Gasteiger partial charge in [0.1, 0.15) is 11.6 Å². The lowest BCUT2D eigenvalue weighted by molar-refractivity contribution is 0.00711. The van der Waals surface area contributed by atoms with Crippen LogP contribution in [0.2, 0.25) is 0 Å². The lowest BCUT2D eigenvalue weighted by Crippen LogP contribution is -2.50. The number of rotatable bonds is 4. The second-order valence-electron chi connectivity index (χ2n) is 7.29. The average molecular weight is 333 g/mol. The van der Waals surface area contributed by atoms with E-state index in [0.29, 0.717) is 6.10 Å². The number of hydrogen-bond donors (Lipinski definition) is 0. The van der Waals surface area contributed by atoms with Gasteiger partial charge in [-0.15, -0.1) is 6.42 Å². The molecule has 128 valence electrons. The van der Waals surface area contributed by atoms with E-state index in [1.54, 1.807) is 0 Å². The van der Waals surface area contributed by atoms with E-state index in [0.717, 1.165) is 47.9 Å². The predicted octanol–water partition coefficient (Wildman–Crippen LogP) is 3.72. The normalized spacial score (nSPS) is 20.4. The Morgan fingerprint density at radius 3 is 2.84 bits per heavy atom. The highest BCUT2D eigenvalue weighted by molar-refractivity contribution is 6.10. The largest absolute Gasteiger partial charge is 0.490 e. The summed E-state index contributed by atoms with van der Waals surface area (Å²) < 4.78 is 5.92. The Morgan fingerprint density at radius 2 is 2.12 bits per heavy atom. The third-order valence-electron chi connectivity index (χ3n) is 4.78. The van der Waals surface area contributed by atoms with Crippen LogP contribution in [-0.4, -0.2) is 33.9 Å². The highest BCUT2D eigenvalue weighted by Gasteiger charge is 2.36. The fourth-order valence-electron chi connectivity index (χ4n) is 3.15. The van der Waals surface area contributed by atoms with Gasteiger partial charge in [-0.3, -0.25) is 5.01 Å².